The molecule has 0 saturated carbocycles. The quantitative estimate of drug-likeness (QED) is 0.429. The minimum atomic E-state index is -0.135. The number of thioether (sulfide) groups is 1. The Kier molecular flexibility index (Phi) is 6.08. The van der Waals surface area contributed by atoms with Gasteiger partial charge in [0.15, 0.2) is 5.82 Å². The summed E-state index contributed by atoms with van der Waals surface area (Å²) in [4.78, 5) is 12.3. The maximum Gasteiger partial charge on any atom is 0.234 e. The van der Waals surface area contributed by atoms with E-state index >= 15 is 0 Å². The third kappa shape index (κ3) is 4.63. The molecule has 0 fully saturated rings. The molecule has 3 N–H and O–H groups in total. The van der Waals surface area contributed by atoms with Crippen LogP contribution in [0, 0.1) is 13.8 Å². The van der Waals surface area contributed by atoms with E-state index in [0.29, 0.717) is 16.0 Å². The Morgan fingerprint density at radius 3 is 2.48 bits per heavy atom. The first-order valence-corrected chi connectivity index (χ1v) is 10.2. The van der Waals surface area contributed by atoms with Gasteiger partial charge >= 0.3 is 0 Å². The predicted octanol–water partition coefficient (Wildman–Crippen LogP) is 4.42. The number of halogens is 2. The van der Waals surface area contributed by atoms with Crippen molar-refractivity contribution in [3.63, 3.8) is 0 Å². The van der Waals surface area contributed by atoms with Crippen LogP contribution < -0.4 is 11.2 Å². The smallest absolute Gasteiger partial charge is 0.234 e. The Morgan fingerprint density at radius 2 is 1.85 bits per heavy atom. The summed E-state index contributed by atoms with van der Waals surface area (Å²) >= 11 is 10.6. The number of hydrogen-bond acceptors (Lipinski definition) is 5. The molecule has 0 aliphatic carbocycles. The van der Waals surface area contributed by atoms with E-state index in [2.05, 4.69) is 31.4 Å². The summed E-state index contributed by atoms with van der Waals surface area (Å²) in [6, 6.07) is 11.1. The van der Waals surface area contributed by atoms with E-state index in [1.54, 1.807) is 12.1 Å². The standard InChI is InChI=1S/C18H17BrClN5OS/c1-10-7-13(19)8-11(2)16(10)22-15(26)9-27-18-24-23-17(25(18)21)12-3-5-14(20)6-4-12/h3-8H,9,21H2,1-2H3,(H,22,26). The molecule has 1 amide bonds. The number of amides is 1. The summed E-state index contributed by atoms with van der Waals surface area (Å²) in [5.74, 6) is 6.62. The number of anilines is 1. The number of carbonyl (C=O) groups is 1. The van der Waals surface area contributed by atoms with Crippen molar-refractivity contribution in [1.82, 2.24) is 14.9 Å². The largest absolute Gasteiger partial charge is 0.335 e. The lowest BCUT2D eigenvalue weighted by Gasteiger charge is -2.12. The zero-order chi connectivity index (χ0) is 19.6. The topological polar surface area (TPSA) is 85.8 Å². The normalized spacial score (nSPS) is 10.8. The zero-order valence-corrected chi connectivity index (χ0v) is 17.8. The van der Waals surface area contributed by atoms with Crippen LogP contribution in [0.1, 0.15) is 11.1 Å². The number of benzene rings is 2. The fraction of sp³-hybridized carbons (Fsp3) is 0.167. The molecule has 0 bridgehead atoms. The average Bonchev–Trinajstić information content (AvgIpc) is 2.98. The van der Waals surface area contributed by atoms with Crippen LogP contribution in [0.25, 0.3) is 11.4 Å². The monoisotopic (exact) mass is 465 g/mol. The van der Waals surface area contributed by atoms with E-state index in [9.17, 15) is 4.79 Å². The van der Waals surface area contributed by atoms with Crippen LogP contribution in [0.2, 0.25) is 5.02 Å². The third-order valence-electron chi connectivity index (χ3n) is 3.86. The van der Waals surface area contributed by atoms with E-state index in [1.807, 2.05) is 38.1 Å². The summed E-state index contributed by atoms with van der Waals surface area (Å²) in [5.41, 5.74) is 3.60. The van der Waals surface area contributed by atoms with Gasteiger partial charge in [-0.15, -0.1) is 10.2 Å². The molecule has 2 aromatic carbocycles. The van der Waals surface area contributed by atoms with Gasteiger partial charge in [-0.1, -0.05) is 39.3 Å². The van der Waals surface area contributed by atoms with Crippen molar-refractivity contribution in [2.24, 2.45) is 0 Å². The number of aromatic nitrogens is 3. The van der Waals surface area contributed by atoms with Gasteiger partial charge in [0, 0.05) is 20.7 Å². The fourth-order valence-electron chi connectivity index (χ4n) is 2.58. The molecule has 3 rings (SSSR count). The van der Waals surface area contributed by atoms with Crippen LogP contribution >= 0.6 is 39.3 Å². The Labute approximate surface area is 174 Å². The highest BCUT2D eigenvalue weighted by atomic mass is 79.9. The molecule has 1 heterocycles. The van der Waals surface area contributed by atoms with Gasteiger partial charge in [-0.2, -0.15) is 0 Å². The number of rotatable bonds is 5. The molecule has 140 valence electrons. The van der Waals surface area contributed by atoms with Gasteiger partial charge in [0.25, 0.3) is 0 Å². The van der Waals surface area contributed by atoms with Crippen molar-refractivity contribution in [3.8, 4) is 11.4 Å². The van der Waals surface area contributed by atoms with Crippen molar-refractivity contribution < 1.29 is 4.79 Å². The lowest BCUT2D eigenvalue weighted by molar-refractivity contribution is -0.113. The molecular weight excluding hydrogens is 450 g/mol. The first-order chi connectivity index (χ1) is 12.8. The minimum absolute atomic E-state index is 0.135. The first-order valence-electron chi connectivity index (χ1n) is 8.01. The van der Waals surface area contributed by atoms with Crippen molar-refractivity contribution in [2.75, 3.05) is 16.9 Å². The van der Waals surface area contributed by atoms with E-state index in [4.69, 9.17) is 17.4 Å². The predicted molar refractivity (Wildman–Crippen MR) is 114 cm³/mol. The van der Waals surface area contributed by atoms with Gasteiger partial charge in [-0.3, -0.25) is 4.79 Å². The highest BCUT2D eigenvalue weighted by Crippen LogP contribution is 2.26. The van der Waals surface area contributed by atoms with Crippen molar-refractivity contribution in [1.29, 1.82) is 0 Å². The van der Waals surface area contributed by atoms with E-state index < -0.39 is 0 Å². The summed E-state index contributed by atoms with van der Waals surface area (Å²) in [6.07, 6.45) is 0. The van der Waals surface area contributed by atoms with Gasteiger partial charge in [-0.05, 0) is 61.4 Å². The van der Waals surface area contributed by atoms with E-state index in [-0.39, 0.29) is 11.7 Å². The summed E-state index contributed by atoms with van der Waals surface area (Å²) in [7, 11) is 0. The average molecular weight is 467 g/mol. The Bertz CT molecular complexity index is 967. The highest BCUT2D eigenvalue weighted by molar-refractivity contribution is 9.10. The Hall–Kier alpha value is -2.03. The van der Waals surface area contributed by atoms with Gasteiger partial charge in [-0.25, -0.2) is 4.68 Å². The molecule has 0 unspecified atom stereocenters. The molecule has 0 aliphatic rings. The Morgan fingerprint density at radius 1 is 1.22 bits per heavy atom. The van der Waals surface area contributed by atoms with Gasteiger partial charge in [0.1, 0.15) is 0 Å². The molecule has 0 atom stereocenters. The number of nitrogens with one attached hydrogen (secondary N) is 1. The van der Waals surface area contributed by atoms with Crippen LogP contribution in [0.5, 0.6) is 0 Å². The number of carbonyl (C=O) groups excluding carboxylic acids is 1. The summed E-state index contributed by atoms with van der Waals surface area (Å²) in [5, 5.41) is 12.2. The van der Waals surface area contributed by atoms with E-state index in [1.165, 1.54) is 16.4 Å². The molecule has 6 nitrogen and oxygen atoms in total. The first kappa shape index (κ1) is 19.7. The van der Waals surface area contributed by atoms with Crippen molar-refractivity contribution >= 4 is 50.9 Å². The molecule has 27 heavy (non-hydrogen) atoms. The molecule has 0 radical (unpaired) electrons. The van der Waals surface area contributed by atoms with Gasteiger partial charge in [0.05, 0.1) is 5.75 Å². The lowest BCUT2D eigenvalue weighted by atomic mass is 10.1. The van der Waals surface area contributed by atoms with Crippen LogP contribution in [0.4, 0.5) is 5.69 Å². The lowest BCUT2D eigenvalue weighted by Crippen LogP contribution is -2.17. The number of nitrogens with zero attached hydrogens (tertiary/aromatic N) is 3. The number of hydrogen-bond donors (Lipinski definition) is 2. The third-order valence-corrected chi connectivity index (χ3v) is 5.51. The van der Waals surface area contributed by atoms with Gasteiger partial charge in [0.2, 0.25) is 11.1 Å². The molecule has 1 aromatic heterocycles. The summed E-state index contributed by atoms with van der Waals surface area (Å²) < 4.78 is 2.35. The second kappa shape index (κ2) is 8.33. The number of nitrogens with two attached hydrogens (primary N) is 1. The highest BCUT2D eigenvalue weighted by Gasteiger charge is 2.15. The van der Waals surface area contributed by atoms with E-state index in [0.717, 1.165) is 26.9 Å². The van der Waals surface area contributed by atoms with Gasteiger partial charge < -0.3 is 11.2 Å². The maximum absolute atomic E-state index is 12.3. The SMILES string of the molecule is Cc1cc(Br)cc(C)c1NC(=O)CSc1nnc(-c2ccc(Cl)cc2)n1N. The van der Waals surface area contributed by atoms with Crippen molar-refractivity contribution in [3.05, 3.63) is 57.0 Å². The van der Waals surface area contributed by atoms with Crippen molar-refractivity contribution in [2.45, 2.75) is 19.0 Å². The molecule has 3 aromatic rings. The van der Waals surface area contributed by atoms with Crippen LogP contribution in [-0.4, -0.2) is 26.5 Å². The fourth-order valence-corrected chi connectivity index (χ4v) is 4.05. The maximum atomic E-state index is 12.3. The minimum Gasteiger partial charge on any atom is -0.335 e. The van der Waals surface area contributed by atoms with Crippen LogP contribution in [-0.2, 0) is 4.79 Å². The second-order valence-electron chi connectivity index (χ2n) is 5.93. The second-order valence-corrected chi connectivity index (χ2v) is 8.23. The number of aryl methyl sites for hydroxylation is 2. The Balaban J connectivity index is 1.67. The zero-order valence-electron chi connectivity index (χ0n) is 14.7. The van der Waals surface area contributed by atoms with Crippen LogP contribution in [0.15, 0.2) is 46.0 Å². The molecule has 0 spiro atoms. The molecule has 0 aliphatic heterocycles. The van der Waals surface area contributed by atoms with Crippen LogP contribution in [0.3, 0.4) is 0 Å². The molecule has 0 saturated heterocycles. The number of nitrogen functional groups attached to an aromatic ring is 1. The molecule has 9 heteroatoms. The molecular formula is C18H17BrClN5OS. The summed E-state index contributed by atoms with van der Waals surface area (Å²) in [6.45, 7) is 3.91.